The number of rotatable bonds is 6. The summed E-state index contributed by atoms with van der Waals surface area (Å²) in [6.45, 7) is 14.8. The lowest BCUT2D eigenvalue weighted by Crippen LogP contribution is -1.86. The van der Waals surface area contributed by atoms with Crippen molar-refractivity contribution in [3.63, 3.8) is 0 Å². The lowest BCUT2D eigenvalue weighted by Gasteiger charge is -2.04. The minimum Gasteiger partial charge on any atom is -0.206 e. The molecule has 1 rings (SSSR count). The summed E-state index contributed by atoms with van der Waals surface area (Å²) in [5.41, 5.74) is 2.22. The van der Waals surface area contributed by atoms with E-state index in [2.05, 4.69) is 26.3 Å². The Morgan fingerprint density at radius 1 is 1.05 bits per heavy atom. The van der Waals surface area contributed by atoms with E-state index in [9.17, 15) is 4.39 Å². The van der Waals surface area contributed by atoms with Gasteiger partial charge in [-0.05, 0) is 22.8 Å². The van der Waals surface area contributed by atoms with Crippen LogP contribution in [0.15, 0.2) is 97.9 Å². The average molecular weight is 252 g/mol. The predicted molar refractivity (Wildman–Crippen MR) is 82.3 cm³/mol. The van der Waals surface area contributed by atoms with Gasteiger partial charge in [0.1, 0.15) is 5.83 Å². The first-order valence-electron chi connectivity index (χ1n) is 5.85. The molecule has 1 aromatic carbocycles. The molecule has 0 saturated carbocycles. The summed E-state index contributed by atoms with van der Waals surface area (Å²) < 4.78 is 14.0. The molecule has 1 aromatic rings. The van der Waals surface area contributed by atoms with E-state index in [4.69, 9.17) is 0 Å². The van der Waals surface area contributed by atoms with E-state index in [0.717, 1.165) is 5.56 Å². The lowest BCUT2D eigenvalue weighted by molar-refractivity contribution is 0.657. The van der Waals surface area contributed by atoms with Crippen molar-refractivity contribution in [2.24, 2.45) is 0 Å². The Morgan fingerprint density at radius 2 is 1.68 bits per heavy atom. The molecule has 0 N–H and O–H groups in total. The molecule has 0 nitrogen and oxygen atoms in total. The van der Waals surface area contributed by atoms with Gasteiger partial charge in [0.25, 0.3) is 0 Å². The molecule has 1 heteroatoms. The van der Waals surface area contributed by atoms with Crippen LogP contribution in [0.2, 0.25) is 0 Å². The normalized spacial score (nSPS) is 11.3. The Hall–Kier alpha value is -2.41. The molecule has 0 radical (unpaired) electrons. The molecule has 0 heterocycles. The molecular formula is C18H17F. The summed E-state index contributed by atoms with van der Waals surface area (Å²) in [5, 5.41) is 0. The molecule has 0 bridgehead atoms. The van der Waals surface area contributed by atoms with Gasteiger partial charge in [0.2, 0.25) is 0 Å². The third kappa shape index (κ3) is 4.40. The Kier molecular flexibility index (Phi) is 5.49. The van der Waals surface area contributed by atoms with Gasteiger partial charge in [0, 0.05) is 5.57 Å². The first-order valence-corrected chi connectivity index (χ1v) is 5.85. The van der Waals surface area contributed by atoms with Gasteiger partial charge < -0.3 is 0 Å². The molecule has 0 aliphatic heterocycles. The van der Waals surface area contributed by atoms with Crippen LogP contribution in [0.5, 0.6) is 0 Å². The van der Waals surface area contributed by atoms with Crippen LogP contribution >= 0.6 is 0 Å². The molecule has 0 aliphatic rings. The zero-order valence-electron chi connectivity index (χ0n) is 10.9. The third-order valence-electron chi connectivity index (χ3n) is 2.55. The first-order chi connectivity index (χ1) is 9.06. The Balaban J connectivity index is 2.85. The van der Waals surface area contributed by atoms with E-state index < -0.39 is 5.83 Å². The van der Waals surface area contributed by atoms with E-state index in [0.29, 0.717) is 11.1 Å². The van der Waals surface area contributed by atoms with Crippen molar-refractivity contribution >= 4 is 5.57 Å². The van der Waals surface area contributed by atoms with E-state index >= 15 is 0 Å². The van der Waals surface area contributed by atoms with Gasteiger partial charge in [0.05, 0.1) is 0 Å². The van der Waals surface area contributed by atoms with Gasteiger partial charge in [-0.3, -0.25) is 0 Å². The van der Waals surface area contributed by atoms with Crippen LogP contribution in [0.1, 0.15) is 5.56 Å². The maximum atomic E-state index is 14.0. The first kappa shape index (κ1) is 14.7. The molecule has 0 saturated heterocycles. The fraction of sp³-hybridized carbons (Fsp3) is 0. The predicted octanol–water partition coefficient (Wildman–Crippen LogP) is 5.41. The molecular weight excluding hydrogens is 235 g/mol. The minimum atomic E-state index is -0.437. The van der Waals surface area contributed by atoms with E-state index in [-0.39, 0.29) is 5.57 Å². The Bertz CT molecular complexity index is 557. The van der Waals surface area contributed by atoms with Gasteiger partial charge >= 0.3 is 0 Å². The molecule has 0 fully saturated rings. The quantitative estimate of drug-likeness (QED) is 0.594. The molecule has 0 amide bonds. The van der Waals surface area contributed by atoms with Crippen LogP contribution in [-0.4, -0.2) is 0 Å². The molecule has 0 aliphatic carbocycles. The molecule has 96 valence electrons. The summed E-state index contributed by atoms with van der Waals surface area (Å²) in [7, 11) is 0. The van der Waals surface area contributed by atoms with Gasteiger partial charge in [-0.1, -0.05) is 74.9 Å². The highest BCUT2D eigenvalue weighted by molar-refractivity contribution is 5.73. The van der Waals surface area contributed by atoms with Gasteiger partial charge in [-0.2, -0.15) is 0 Å². The highest BCUT2D eigenvalue weighted by Gasteiger charge is 2.05. The van der Waals surface area contributed by atoms with Crippen LogP contribution in [0.3, 0.4) is 0 Å². The van der Waals surface area contributed by atoms with Gasteiger partial charge in [0.15, 0.2) is 0 Å². The maximum absolute atomic E-state index is 14.0. The highest BCUT2D eigenvalue weighted by Crippen LogP contribution is 2.23. The second kappa shape index (κ2) is 7.12. The fourth-order valence-electron chi connectivity index (χ4n) is 1.41. The zero-order chi connectivity index (χ0) is 14.3. The molecule has 0 aromatic heterocycles. The number of hydrogen-bond donors (Lipinski definition) is 0. The minimum absolute atomic E-state index is 0.246. The molecule has 0 atom stereocenters. The SMILES string of the molecule is C=C/C=C\C(=C)C(=C)/C(F)=C\C(=C)c1ccccc1. The summed E-state index contributed by atoms with van der Waals surface area (Å²) in [4.78, 5) is 0. The lowest BCUT2D eigenvalue weighted by atomic mass is 10.0. The largest absolute Gasteiger partial charge is 0.206 e. The average Bonchev–Trinajstić information content (AvgIpc) is 2.44. The second-order valence-corrected chi connectivity index (χ2v) is 3.98. The smallest absolute Gasteiger partial charge is 0.131 e. The Labute approximate surface area is 114 Å². The maximum Gasteiger partial charge on any atom is 0.131 e. The van der Waals surface area contributed by atoms with Gasteiger partial charge in [-0.15, -0.1) is 0 Å². The monoisotopic (exact) mass is 252 g/mol. The van der Waals surface area contributed by atoms with Crippen LogP contribution < -0.4 is 0 Å². The van der Waals surface area contributed by atoms with Crippen molar-refractivity contribution in [2.45, 2.75) is 0 Å². The van der Waals surface area contributed by atoms with Crippen LogP contribution in [0, 0.1) is 0 Å². The van der Waals surface area contributed by atoms with E-state index in [1.54, 1.807) is 18.2 Å². The third-order valence-corrected chi connectivity index (χ3v) is 2.55. The summed E-state index contributed by atoms with van der Waals surface area (Å²) in [6.07, 6.45) is 6.31. The highest BCUT2D eigenvalue weighted by atomic mass is 19.1. The standard InChI is InChI=1S/C18H17F/c1-5-6-10-14(2)16(4)18(19)13-15(3)17-11-8-7-9-12-17/h5-13H,1-4H2/b10-6-,18-13+. The Morgan fingerprint density at radius 3 is 2.26 bits per heavy atom. The summed E-state index contributed by atoms with van der Waals surface area (Å²) in [6, 6.07) is 9.42. The summed E-state index contributed by atoms with van der Waals surface area (Å²) in [5.74, 6) is -0.437. The van der Waals surface area contributed by atoms with Crippen molar-refractivity contribution in [3.8, 4) is 0 Å². The topological polar surface area (TPSA) is 0 Å². The van der Waals surface area contributed by atoms with Crippen molar-refractivity contribution < 1.29 is 4.39 Å². The number of benzene rings is 1. The fourth-order valence-corrected chi connectivity index (χ4v) is 1.41. The second-order valence-electron chi connectivity index (χ2n) is 3.98. The summed E-state index contributed by atoms with van der Waals surface area (Å²) >= 11 is 0. The van der Waals surface area contributed by atoms with Crippen molar-refractivity contribution in [3.05, 3.63) is 103 Å². The van der Waals surface area contributed by atoms with E-state index in [1.807, 2.05) is 30.3 Å². The van der Waals surface area contributed by atoms with Crippen molar-refractivity contribution in [2.75, 3.05) is 0 Å². The van der Waals surface area contributed by atoms with E-state index in [1.165, 1.54) is 6.08 Å². The van der Waals surface area contributed by atoms with Crippen LogP contribution in [0.4, 0.5) is 4.39 Å². The van der Waals surface area contributed by atoms with Crippen LogP contribution in [-0.2, 0) is 0 Å². The van der Waals surface area contributed by atoms with Crippen molar-refractivity contribution in [1.82, 2.24) is 0 Å². The molecule has 0 unspecified atom stereocenters. The van der Waals surface area contributed by atoms with Crippen molar-refractivity contribution in [1.29, 1.82) is 0 Å². The molecule has 19 heavy (non-hydrogen) atoms. The number of halogens is 1. The van der Waals surface area contributed by atoms with Gasteiger partial charge in [-0.25, -0.2) is 4.39 Å². The molecule has 0 spiro atoms. The number of hydrogen-bond acceptors (Lipinski definition) is 0. The number of allylic oxidation sites excluding steroid dienone is 8. The zero-order valence-corrected chi connectivity index (χ0v) is 10.9. The van der Waals surface area contributed by atoms with Crippen LogP contribution in [0.25, 0.3) is 5.57 Å².